The van der Waals surface area contributed by atoms with Crippen LogP contribution in [0.15, 0.2) is 12.3 Å². The molecule has 0 radical (unpaired) electrons. The van der Waals surface area contributed by atoms with Gasteiger partial charge in [-0.1, -0.05) is 33.1 Å². The molecule has 1 aliphatic carbocycles. The van der Waals surface area contributed by atoms with Gasteiger partial charge in [0.1, 0.15) is 0 Å². The maximum Gasteiger partial charge on any atom is 0.0445 e. The molecule has 0 amide bonds. The van der Waals surface area contributed by atoms with Gasteiger partial charge in [0.05, 0.1) is 0 Å². The largest absolute Gasteiger partial charge is 0.371 e. The molecule has 1 saturated carbocycles. The lowest BCUT2D eigenvalue weighted by Gasteiger charge is -2.34. The SMILES string of the molecule is Cc1cc(N(C)C2CCCCC2)c(CNC(C)C)cn1. The summed E-state index contributed by atoms with van der Waals surface area (Å²) >= 11 is 0. The van der Waals surface area contributed by atoms with Crippen LogP contribution in [0.1, 0.15) is 57.2 Å². The summed E-state index contributed by atoms with van der Waals surface area (Å²) in [7, 11) is 2.25. The summed E-state index contributed by atoms with van der Waals surface area (Å²) in [5, 5.41) is 3.51. The number of pyridine rings is 1. The Kier molecular flexibility index (Phi) is 5.41. The first-order chi connectivity index (χ1) is 9.58. The minimum Gasteiger partial charge on any atom is -0.371 e. The van der Waals surface area contributed by atoms with Crippen molar-refractivity contribution < 1.29 is 0 Å². The molecule has 3 nitrogen and oxygen atoms in total. The van der Waals surface area contributed by atoms with Crippen molar-refractivity contribution >= 4 is 5.69 Å². The van der Waals surface area contributed by atoms with E-state index in [-0.39, 0.29) is 0 Å². The van der Waals surface area contributed by atoms with Crippen molar-refractivity contribution in [2.24, 2.45) is 0 Å². The molecule has 0 atom stereocenters. The van der Waals surface area contributed by atoms with Crippen molar-refractivity contribution in [3.05, 3.63) is 23.5 Å². The molecule has 2 rings (SSSR count). The van der Waals surface area contributed by atoms with E-state index < -0.39 is 0 Å². The minimum atomic E-state index is 0.504. The van der Waals surface area contributed by atoms with Gasteiger partial charge in [-0.25, -0.2) is 0 Å². The molecule has 1 aromatic rings. The van der Waals surface area contributed by atoms with Crippen molar-refractivity contribution in [2.75, 3.05) is 11.9 Å². The summed E-state index contributed by atoms with van der Waals surface area (Å²) in [6.45, 7) is 7.35. The normalized spacial score (nSPS) is 16.6. The molecule has 0 aliphatic heterocycles. The second kappa shape index (κ2) is 7.07. The third-order valence-electron chi connectivity index (χ3n) is 4.30. The molecule has 20 heavy (non-hydrogen) atoms. The first-order valence-electron chi connectivity index (χ1n) is 7.99. The molecule has 0 unspecified atom stereocenters. The third-order valence-corrected chi connectivity index (χ3v) is 4.30. The molecule has 1 fully saturated rings. The maximum absolute atomic E-state index is 4.48. The molecule has 0 spiro atoms. The zero-order valence-corrected chi connectivity index (χ0v) is 13.4. The van der Waals surface area contributed by atoms with E-state index in [0.29, 0.717) is 12.1 Å². The van der Waals surface area contributed by atoms with E-state index in [2.05, 4.69) is 49.1 Å². The molecule has 0 bridgehead atoms. The number of aryl methyl sites for hydroxylation is 1. The Labute approximate surface area is 123 Å². The lowest BCUT2D eigenvalue weighted by molar-refractivity contribution is 0.426. The smallest absolute Gasteiger partial charge is 0.0445 e. The summed E-state index contributed by atoms with van der Waals surface area (Å²) in [4.78, 5) is 6.97. The zero-order valence-electron chi connectivity index (χ0n) is 13.4. The second-order valence-electron chi connectivity index (χ2n) is 6.39. The van der Waals surface area contributed by atoms with Crippen LogP contribution in [0.2, 0.25) is 0 Å². The van der Waals surface area contributed by atoms with Gasteiger partial charge in [-0.05, 0) is 25.8 Å². The lowest BCUT2D eigenvalue weighted by atomic mass is 9.94. The summed E-state index contributed by atoms with van der Waals surface area (Å²) in [5.41, 5.74) is 3.78. The van der Waals surface area contributed by atoms with Crippen molar-refractivity contribution in [3.63, 3.8) is 0 Å². The van der Waals surface area contributed by atoms with Crippen LogP contribution in [0.3, 0.4) is 0 Å². The van der Waals surface area contributed by atoms with Gasteiger partial charge in [0.25, 0.3) is 0 Å². The third kappa shape index (κ3) is 3.95. The van der Waals surface area contributed by atoms with E-state index in [4.69, 9.17) is 0 Å². The van der Waals surface area contributed by atoms with E-state index in [1.165, 1.54) is 43.4 Å². The Morgan fingerprint density at radius 2 is 2.00 bits per heavy atom. The Hall–Kier alpha value is -1.09. The molecule has 0 saturated heterocycles. The van der Waals surface area contributed by atoms with Gasteiger partial charge >= 0.3 is 0 Å². The highest BCUT2D eigenvalue weighted by Crippen LogP contribution is 2.28. The highest BCUT2D eigenvalue weighted by molar-refractivity contribution is 5.54. The summed E-state index contributed by atoms with van der Waals surface area (Å²) in [5.74, 6) is 0. The van der Waals surface area contributed by atoms with Crippen LogP contribution in [0, 0.1) is 6.92 Å². The first-order valence-corrected chi connectivity index (χ1v) is 7.99. The van der Waals surface area contributed by atoms with Crippen molar-refractivity contribution in [3.8, 4) is 0 Å². The van der Waals surface area contributed by atoms with E-state index in [1.807, 2.05) is 6.20 Å². The number of nitrogens with one attached hydrogen (secondary N) is 1. The molecule has 1 heterocycles. The van der Waals surface area contributed by atoms with Crippen LogP contribution in [-0.4, -0.2) is 24.1 Å². The lowest BCUT2D eigenvalue weighted by Crippen LogP contribution is -2.34. The average molecular weight is 275 g/mol. The Morgan fingerprint density at radius 1 is 1.30 bits per heavy atom. The average Bonchev–Trinajstić information content (AvgIpc) is 2.46. The summed E-state index contributed by atoms with van der Waals surface area (Å²) < 4.78 is 0. The van der Waals surface area contributed by atoms with E-state index in [0.717, 1.165) is 12.2 Å². The quantitative estimate of drug-likeness (QED) is 0.889. The number of rotatable bonds is 5. The van der Waals surface area contributed by atoms with Gasteiger partial charge in [-0.3, -0.25) is 4.98 Å². The monoisotopic (exact) mass is 275 g/mol. The van der Waals surface area contributed by atoms with Crippen LogP contribution in [0.5, 0.6) is 0 Å². The zero-order chi connectivity index (χ0) is 14.5. The fraction of sp³-hybridized carbons (Fsp3) is 0.706. The summed E-state index contributed by atoms with van der Waals surface area (Å²) in [6, 6.07) is 3.44. The van der Waals surface area contributed by atoms with Crippen molar-refractivity contribution in [2.45, 2.75) is 71.5 Å². The molecule has 112 valence electrons. The van der Waals surface area contributed by atoms with Crippen molar-refractivity contribution in [1.29, 1.82) is 0 Å². The van der Waals surface area contributed by atoms with Crippen LogP contribution in [0.4, 0.5) is 5.69 Å². The molecule has 3 heteroatoms. The molecular weight excluding hydrogens is 246 g/mol. The number of hydrogen-bond acceptors (Lipinski definition) is 3. The van der Waals surface area contributed by atoms with E-state index >= 15 is 0 Å². The minimum absolute atomic E-state index is 0.504. The van der Waals surface area contributed by atoms with Crippen LogP contribution in [-0.2, 0) is 6.54 Å². The van der Waals surface area contributed by atoms with Gasteiger partial charge < -0.3 is 10.2 Å². The molecule has 0 aromatic carbocycles. The van der Waals surface area contributed by atoms with Gasteiger partial charge in [-0.15, -0.1) is 0 Å². The van der Waals surface area contributed by atoms with E-state index in [9.17, 15) is 0 Å². The van der Waals surface area contributed by atoms with Crippen molar-refractivity contribution in [1.82, 2.24) is 10.3 Å². The van der Waals surface area contributed by atoms with E-state index in [1.54, 1.807) is 0 Å². The standard InChI is InChI=1S/C17H29N3/c1-13(2)18-11-15-12-19-14(3)10-17(15)20(4)16-8-6-5-7-9-16/h10,12-13,16,18H,5-9,11H2,1-4H3. The molecule has 1 aromatic heterocycles. The van der Waals surface area contributed by atoms with Gasteiger partial charge in [0.2, 0.25) is 0 Å². The van der Waals surface area contributed by atoms with Gasteiger partial charge in [0, 0.05) is 48.8 Å². The Bertz CT molecular complexity index is 422. The van der Waals surface area contributed by atoms with Crippen LogP contribution >= 0.6 is 0 Å². The Balaban J connectivity index is 2.16. The molecule has 1 aliphatic rings. The first kappa shape index (κ1) is 15.3. The Morgan fingerprint density at radius 3 is 2.65 bits per heavy atom. The molecular formula is C17H29N3. The van der Waals surface area contributed by atoms with Gasteiger partial charge in [0.15, 0.2) is 0 Å². The maximum atomic E-state index is 4.48. The number of nitrogens with zero attached hydrogens (tertiary/aromatic N) is 2. The number of anilines is 1. The van der Waals surface area contributed by atoms with Crippen LogP contribution < -0.4 is 10.2 Å². The predicted molar refractivity (Wildman–Crippen MR) is 86.2 cm³/mol. The van der Waals surface area contributed by atoms with Gasteiger partial charge in [-0.2, -0.15) is 0 Å². The highest BCUT2D eigenvalue weighted by atomic mass is 15.1. The predicted octanol–water partition coefficient (Wildman–Crippen LogP) is 3.66. The fourth-order valence-electron chi connectivity index (χ4n) is 3.02. The second-order valence-corrected chi connectivity index (χ2v) is 6.39. The number of hydrogen-bond donors (Lipinski definition) is 1. The summed E-state index contributed by atoms with van der Waals surface area (Å²) in [6.07, 6.45) is 8.85. The van der Waals surface area contributed by atoms with Crippen LogP contribution in [0.25, 0.3) is 0 Å². The number of aromatic nitrogens is 1. The fourth-order valence-corrected chi connectivity index (χ4v) is 3.02. The topological polar surface area (TPSA) is 28.2 Å². The highest BCUT2D eigenvalue weighted by Gasteiger charge is 2.20. The molecule has 1 N–H and O–H groups in total.